The molecule has 154 valence electrons. The van der Waals surface area contributed by atoms with Crippen LogP contribution in [0, 0.1) is 0 Å². The van der Waals surface area contributed by atoms with Gasteiger partial charge in [0, 0.05) is 13.0 Å². The monoisotopic (exact) mass is 384 g/mol. The normalized spacial score (nSPS) is 12.0. The lowest BCUT2D eigenvalue weighted by atomic mass is 10.1. The maximum absolute atomic E-state index is 11.0. The van der Waals surface area contributed by atoms with Gasteiger partial charge in [0.1, 0.15) is 0 Å². The molecular weight excluding hydrogens is 340 g/mol. The van der Waals surface area contributed by atoms with Crippen LogP contribution in [0.5, 0.6) is 0 Å². The van der Waals surface area contributed by atoms with Crippen molar-refractivity contribution in [3.63, 3.8) is 0 Å². The molecule has 26 heavy (non-hydrogen) atoms. The van der Waals surface area contributed by atoms with E-state index in [2.05, 4.69) is 36.5 Å². The van der Waals surface area contributed by atoms with Crippen LogP contribution in [0.25, 0.3) is 0 Å². The predicted octanol–water partition coefficient (Wildman–Crippen LogP) is 7.03. The van der Waals surface area contributed by atoms with Gasteiger partial charge in [-0.25, -0.2) is 0 Å². The van der Waals surface area contributed by atoms with Gasteiger partial charge in [-0.05, 0) is 58.2 Å². The quantitative estimate of drug-likeness (QED) is 0.110. The lowest BCUT2D eigenvalue weighted by molar-refractivity contribution is -0.140. The number of allylic oxidation sites excluding steroid dienone is 2. The highest BCUT2D eigenvalue weighted by molar-refractivity contribution is 6.69. The van der Waals surface area contributed by atoms with Gasteiger partial charge in [-0.2, -0.15) is 0 Å². The van der Waals surface area contributed by atoms with Crippen molar-refractivity contribution in [3.8, 4) is 0 Å². The molecule has 0 aliphatic rings. The van der Waals surface area contributed by atoms with Crippen molar-refractivity contribution in [3.05, 3.63) is 12.2 Å². The van der Waals surface area contributed by atoms with Gasteiger partial charge in [-0.1, -0.05) is 57.1 Å². The van der Waals surface area contributed by atoms with Crippen LogP contribution >= 0.6 is 0 Å². The Kier molecular flexibility index (Phi) is 17.4. The maximum Gasteiger partial charge on any atom is 0.305 e. The topological polar surface area (TPSA) is 35.5 Å². The van der Waals surface area contributed by atoms with E-state index in [1.54, 1.807) is 0 Å². The number of rotatable bonds is 18. The molecule has 0 amide bonds. The molecule has 0 aromatic rings. The highest BCUT2D eigenvalue weighted by Crippen LogP contribution is 2.11. The molecule has 0 atom stereocenters. The fourth-order valence-corrected chi connectivity index (χ4v) is 3.61. The first-order valence-electron chi connectivity index (χ1n) is 10.8. The van der Waals surface area contributed by atoms with Gasteiger partial charge in [0.2, 0.25) is 0 Å². The van der Waals surface area contributed by atoms with Crippen LogP contribution in [0.15, 0.2) is 12.2 Å². The summed E-state index contributed by atoms with van der Waals surface area (Å²) in [5, 5.41) is 0. The Morgan fingerprint density at radius 1 is 0.731 bits per heavy atom. The largest absolute Gasteiger partial charge is 0.469 e. The molecule has 0 radical (unpaired) electrons. The molecule has 0 unspecified atom stereocenters. The summed E-state index contributed by atoms with van der Waals surface area (Å²) < 4.78 is 10.5. The van der Waals surface area contributed by atoms with Crippen LogP contribution in [0.3, 0.4) is 0 Å². The third-order valence-corrected chi connectivity index (χ3v) is 5.52. The molecule has 0 aliphatic carbocycles. The summed E-state index contributed by atoms with van der Waals surface area (Å²) in [5.74, 6) is -0.0796. The summed E-state index contributed by atoms with van der Waals surface area (Å²) in [7, 11) is 0.162. The summed E-state index contributed by atoms with van der Waals surface area (Å²) in [6.45, 7) is 7.74. The molecule has 0 aliphatic heterocycles. The second-order valence-corrected chi connectivity index (χ2v) is 12.7. The second-order valence-electron chi connectivity index (χ2n) is 8.22. The number of carbonyl (C=O) groups excluding carboxylic acids is 1. The molecule has 0 aromatic heterocycles. The van der Waals surface area contributed by atoms with E-state index in [9.17, 15) is 4.79 Å². The number of carbonyl (C=O) groups is 1. The van der Waals surface area contributed by atoms with E-state index in [0.717, 1.165) is 19.4 Å². The predicted molar refractivity (Wildman–Crippen MR) is 115 cm³/mol. The van der Waals surface area contributed by atoms with Gasteiger partial charge in [0.25, 0.3) is 0 Å². The Morgan fingerprint density at radius 2 is 1.19 bits per heavy atom. The van der Waals surface area contributed by atoms with Gasteiger partial charge < -0.3 is 9.16 Å². The maximum atomic E-state index is 11.0. The smallest absolute Gasteiger partial charge is 0.305 e. The fraction of sp³-hybridized carbons (Fsp3) is 0.864. The van der Waals surface area contributed by atoms with Crippen molar-refractivity contribution in [1.82, 2.24) is 0 Å². The van der Waals surface area contributed by atoms with Crippen molar-refractivity contribution in [2.24, 2.45) is 0 Å². The zero-order valence-electron chi connectivity index (χ0n) is 18.0. The van der Waals surface area contributed by atoms with Crippen LogP contribution in [0.2, 0.25) is 19.6 Å². The van der Waals surface area contributed by atoms with Crippen molar-refractivity contribution in [2.45, 2.75) is 110 Å². The number of esters is 1. The minimum absolute atomic E-state index is 0.0796. The average Bonchev–Trinajstić information content (AvgIpc) is 2.59. The second kappa shape index (κ2) is 17.8. The van der Waals surface area contributed by atoms with E-state index in [1.165, 1.54) is 77.7 Å². The van der Waals surface area contributed by atoms with Crippen LogP contribution in [0.1, 0.15) is 89.9 Å². The van der Waals surface area contributed by atoms with Gasteiger partial charge in [0.15, 0.2) is 8.32 Å². The molecule has 0 spiro atoms. The zero-order valence-corrected chi connectivity index (χ0v) is 19.0. The van der Waals surface area contributed by atoms with E-state index in [1.807, 2.05) is 0 Å². The van der Waals surface area contributed by atoms with Crippen molar-refractivity contribution in [1.29, 1.82) is 0 Å². The van der Waals surface area contributed by atoms with E-state index < -0.39 is 8.32 Å². The number of hydrogen-bond donors (Lipinski definition) is 0. The summed E-state index contributed by atoms with van der Waals surface area (Å²) in [5.41, 5.74) is 0. The molecule has 0 saturated carbocycles. The molecular formula is C22H44O3Si. The molecule has 0 rings (SSSR count). The first-order chi connectivity index (χ1) is 12.5. The molecule has 0 saturated heterocycles. The first-order valence-corrected chi connectivity index (χ1v) is 14.2. The zero-order chi connectivity index (χ0) is 19.5. The van der Waals surface area contributed by atoms with Gasteiger partial charge >= 0.3 is 5.97 Å². The highest BCUT2D eigenvalue weighted by atomic mass is 28.4. The van der Waals surface area contributed by atoms with E-state index in [0.29, 0.717) is 6.42 Å². The summed E-state index contributed by atoms with van der Waals surface area (Å²) in [6, 6.07) is 0. The minimum Gasteiger partial charge on any atom is -0.469 e. The molecule has 0 aromatic carbocycles. The van der Waals surface area contributed by atoms with Crippen LogP contribution < -0.4 is 0 Å². The highest BCUT2D eigenvalue weighted by Gasteiger charge is 2.12. The van der Waals surface area contributed by atoms with Crippen LogP contribution in [-0.4, -0.2) is 28.0 Å². The van der Waals surface area contributed by atoms with E-state index in [4.69, 9.17) is 4.43 Å². The molecule has 0 heterocycles. The Bertz CT molecular complexity index is 348. The average molecular weight is 385 g/mol. The standard InChI is InChI=1S/C22H44O3Si/c1-24-22(23)20-18-16-14-12-10-8-6-5-7-9-11-13-15-17-19-21-25-26(2,3)4/h5-6H,7-21H2,1-4H3/b6-5+. The molecule has 0 N–H and O–H groups in total. The Morgan fingerprint density at radius 3 is 1.69 bits per heavy atom. The van der Waals surface area contributed by atoms with Gasteiger partial charge in [0.05, 0.1) is 7.11 Å². The van der Waals surface area contributed by atoms with Crippen LogP contribution in [0.4, 0.5) is 0 Å². The van der Waals surface area contributed by atoms with Gasteiger partial charge in [-0.3, -0.25) is 4.79 Å². The molecule has 4 heteroatoms. The Balaban J connectivity index is 3.16. The van der Waals surface area contributed by atoms with E-state index >= 15 is 0 Å². The van der Waals surface area contributed by atoms with Gasteiger partial charge in [-0.15, -0.1) is 0 Å². The van der Waals surface area contributed by atoms with E-state index in [-0.39, 0.29) is 5.97 Å². The third kappa shape index (κ3) is 21.4. The van der Waals surface area contributed by atoms with Crippen molar-refractivity contribution >= 4 is 14.3 Å². The first kappa shape index (κ1) is 25.4. The number of hydrogen-bond acceptors (Lipinski definition) is 3. The third-order valence-electron chi connectivity index (χ3n) is 4.45. The lowest BCUT2D eigenvalue weighted by Crippen LogP contribution is -2.25. The molecule has 0 bridgehead atoms. The summed E-state index contributed by atoms with van der Waals surface area (Å²) in [4.78, 5) is 11.0. The van der Waals surface area contributed by atoms with Crippen molar-refractivity contribution in [2.75, 3.05) is 13.7 Å². The SMILES string of the molecule is COC(=O)CCCCCCC/C=C/CCCCCCCCO[Si](C)(C)C. The molecule has 3 nitrogen and oxygen atoms in total. The Hall–Kier alpha value is -0.613. The Labute approximate surface area is 164 Å². The lowest BCUT2D eigenvalue weighted by Gasteiger charge is -2.16. The van der Waals surface area contributed by atoms with Crippen LogP contribution in [-0.2, 0) is 14.0 Å². The fourth-order valence-electron chi connectivity index (χ4n) is 2.85. The minimum atomic E-state index is -1.30. The summed E-state index contributed by atoms with van der Waals surface area (Å²) in [6.07, 6.45) is 21.6. The van der Waals surface area contributed by atoms with Crippen molar-refractivity contribution < 1.29 is 14.0 Å². The number of ether oxygens (including phenoxy) is 1. The summed E-state index contributed by atoms with van der Waals surface area (Å²) >= 11 is 0. The molecule has 0 fully saturated rings. The number of unbranched alkanes of at least 4 members (excludes halogenated alkanes) is 11. The number of methoxy groups -OCH3 is 1.